The van der Waals surface area contributed by atoms with Crippen LogP contribution in [-0.4, -0.2) is 11.0 Å². The Labute approximate surface area is 125 Å². The SMILES string of the molecule is CC(C)(C)c1ccccc1C(=O)Nc1ccccc1CO. The van der Waals surface area contributed by atoms with E-state index in [4.69, 9.17) is 0 Å². The Hall–Kier alpha value is -2.13. The van der Waals surface area contributed by atoms with Crippen LogP contribution in [0.2, 0.25) is 0 Å². The second-order valence-electron chi connectivity index (χ2n) is 6.06. The van der Waals surface area contributed by atoms with Crippen molar-refractivity contribution in [3.05, 3.63) is 65.2 Å². The van der Waals surface area contributed by atoms with Crippen molar-refractivity contribution in [2.75, 3.05) is 5.32 Å². The number of aliphatic hydroxyl groups is 1. The molecule has 0 aliphatic heterocycles. The highest BCUT2D eigenvalue weighted by Gasteiger charge is 2.21. The molecule has 21 heavy (non-hydrogen) atoms. The summed E-state index contributed by atoms with van der Waals surface area (Å²) < 4.78 is 0. The van der Waals surface area contributed by atoms with Gasteiger partial charge in [0.25, 0.3) is 5.91 Å². The van der Waals surface area contributed by atoms with E-state index in [9.17, 15) is 9.90 Å². The zero-order chi connectivity index (χ0) is 15.5. The molecule has 1 amide bonds. The van der Waals surface area contributed by atoms with E-state index in [0.717, 1.165) is 5.56 Å². The molecule has 2 rings (SSSR count). The molecule has 2 aromatic carbocycles. The Morgan fingerprint density at radius 1 is 1.05 bits per heavy atom. The lowest BCUT2D eigenvalue weighted by atomic mass is 9.83. The van der Waals surface area contributed by atoms with Gasteiger partial charge in [-0.2, -0.15) is 0 Å². The van der Waals surface area contributed by atoms with E-state index in [-0.39, 0.29) is 17.9 Å². The standard InChI is InChI=1S/C18H21NO2/c1-18(2,3)15-10-6-5-9-14(15)17(21)19-16-11-7-4-8-13(16)12-20/h4-11,20H,12H2,1-3H3,(H,19,21). The number of amides is 1. The smallest absolute Gasteiger partial charge is 0.255 e. The van der Waals surface area contributed by atoms with Crippen LogP contribution in [-0.2, 0) is 12.0 Å². The zero-order valence-corrected chi connectivity index (χ0v) is 12.7. The first kappa shape index (κ1) is 15.3. The summed E-state index contributed by atoms with van der Waals surface area (Å²) in [6.45, 7) is 6.15. The predicted molar refractivity (Wildman–Crippen MR) is 85.5 cm³/mol. The Balaban J connectivity index is 2.34. The van der Waals surface area contributed by atoms with E-state index in [1.54, 1.807) is 12.1 Å². The van der Waals surface area contributed by atoms with Crippen LogP contribution in [0, 0.1) is 0 Å². The minimum Gasteiger partial charge on any atom is -0.392 e. The molecule has 2 N–H and O–H groups in total. The van der Waals surface area contributed by atoms with Gasteiger partial charge in [0, 0.05) is 16.8 Å². The number of nitrogens with one attached hydrogen (secondary N) is 1. The minimum atomic E-state index is -0.151. The van der Waals surface area contributed by atoms with Gasteiger partial charge < -0.3 is 10.4 Å². The van der Waals surface area contributed by atoms with E-state index < -0.39 is 0 Å². The third-order valence-electron chi connectivity index (χ3n) is 3.42. The van der Waals surface area contributed by atoms with Gasteiger partial charge in [-0.1, -0.05) is 57.2 Å². The van der Waals surface area contributed by atoms with Crippen LogP contribution >= 0.6 is 0 Å². The van der Waals surface area contributed by atoms with E-state index in [1.807, 2.05) is 36.4 Å². The van der Waals surface area contributed by atoms with E-state index in [2.05, 4.69) is 26.1 Å². The maximum atomic E-state index is 12.6. The Kier molecular flexibility index (Phi) is 4.43. The molecule has 0 saturated carbocycles. The number of rotatable bonds is 3. The fourth-order valence-electron chi connectivity index (χ4n) is 2.30. The van der Waals surface area contributed by atoms with Crippen molar-refractivity contribution in [1.29, 1.82) is 0 Å². The number of carbonyl (C=O) groups is 1. The summed E-state index contributed by atoms with van der Waals surface area (Å²) in [5.41, 5.74) is 2.92. The van der Waals surface area contributed by atoms with Crippen LogP contribution in [0.15, 0.2) is 48.5 Å². The highest BCUT2D eigenvalue weighted by molar-refractivity contribution is 6.05. The fourth-order valence-corrected chi connectivity index (χ4v) is 2.30. The van der Waals surface area contributed by atoms with E-state index in [1.165, 1.54) is 0 Å². The van der Waals surface area contributed by atoms with Crippen molar-refractivity contribution < 1.29 is 9.90 Å². The summed E-state index contributed by atoms with van der Waals surface area (Å²) in [6, 6.07) is 14.9. The van der Waals surface area contributed by atoms with Crippen LogP contribution in [0.25, 0.3) is 0 Å². The zero-order valence-electron chi connectivity index (χ0n) is 12.7. The average Bonchev–Trinajstić information content (AvgIpc) is 2.47. The van der Waals surface area contributed by atoms with Crippen LogP contribution in [0.1, 0.15) is 42.3 Å². The van der Waals surface area contributed by atoms with Gasteiger partial charge in [0.2, 0.25) is 0 Å². The summed E-state index contributed by atoms with van der Waals surface area (Å²) >= 11 is 0. The predicted octanol–water partition coefficient (Wildman–Crippen LogP) is 3.73. The molecular weight excluding hydrogens is 262 g/mol. The van der Waals surface area contributed by atoms with Gasteiger partial charge in [0.15, 0.2) is 0 Å². The number of carbonyl (C=O) groups excluding carboxylic acids is 1. The lowest BCUT2D eigenvalue weighted by molar-refractivity contribution is 0.102. The first-order valence-electron chi connectivity index (χ1n) is 7.03. The van der Waals surface area contributed by atoms with Crippen molar-refractivity contribution >= 4 is 11.6 Å². The normalized spacial score (nSPS) is 11.2. The average molecular weight is 283 g/mol. The number of aliphatic hydroxyl groups excluding tert-OH is 1. The van der Waals surface area contributed by atoms with Gasteiger partial charge in [-0.25, -0.2) is 0 Å². The van der Waals surface area contributed by atoms with Crippen LogP contribution in [0.5, 0.6) is 0 Å². The van der Waals surface area contributed by atoms with Crippen molar-refractivity contribution in [2.24, 2.45) is 0 Å². The molecule has 0 radical (unpaired) electrons. The van der Waals surface area contributed by atoms with Gasteiger partial charge in [-0.3, -0.25) is 4.79 Å². The van der Waals surface area contributed by atoms with Gasteiger partial charge in [0.1, 0.15) is 0 Å². The number of benzene rings is 2. The molecular formula is C18H21NO2. The summed E-state index contributed by atoms with van der Waals surface area (Å²) in [7, 11) is 0. The second kappa shape index (κ2) is 6.10. The Morgan fingerprint density at radius 2 is 1.67 bits per heavy atom. The van der Waals surface area contributed by atoms with Crippen molar-refractivity contribution in [3.63, 3.8) is 0 Å². The quantitative estimate of drug-likeness (QED) is 0.901. The highest BCUT2D eigenvalue weighted by Crippen LogP contribution is 2.26. The number of para-hydroxylation sites is 1. The van der Waals surface area contributed by atoms with Crippen LogP contribution < -0.4 is 5.32 Å². The molecule has 0 aliphatic carbocycles. The third kappa shape index (κ3) is 3.50. The molecule has 3 nitrogen and oxygen atoms in total. The van der Waals surface area contributed by atoms with Crippen LogP contribution in [0.4, 0.5) is 5.69 Å². The monoisotopic (exact) mass is 283 g/mol. The van der Waals surface area contributed by atoms with Crippen molar-refractivity contribution in [3.8, 4) is 0 Å². The molecule has 3 heteroatoms. The Morgan fingerprint density at radius 3 is 2.33 bits per heavy atom. The van der Waals surface area contributed by atoms with E-state index >= 15 is 0 Å². The third-order valence-corrected chi connectivity index (χ3v) is 3.42. The molecule has 0 saturated heterocycles. The topological polar surface area (TPSA) is 49.3 Å². The molecule has 110 valence electrons. The second-order valence-corrected chi connectivity index (χ2v) is 6.06. The lowest BCUT2D eigenvalue weighted by Gasteiger charge is -2.22. The lowest BCUT2D eigenvalue weighted by Crippen LogP contribution is -2.21. The molecule has 0 spiro atoms. The van der Waals surface area contributed by atoms with Gasteiger partial charge >= 0.3 is 0 Å². The molecule has 0 heterocycles. The maximum absolute atomic E-state index is 12.6. The number of hydrogen-bond donors (Lipinski definition) is 2. The molecule has 2 aromatic rings. The molecule has 0 unspecified atom stereocenters. The number of hydrogen-bond acceptors (Lipinski definition) is 2. The summed E-state index contributed by atoms with van der Waals surface area (Å²) in [5.74, 6) is -0.151. The summed E-state index contributed by atoms with van der Waals surface area (Å²) in [4.78, 5) is 12.6. The summed E-state index contributed by atoms with van der Waals surface area (Å²) in [6.07, 6.45) is 0. The first-order valence-corrected chi connectivity index (χ1v) is 7.03. The first-order chi connectivity index (χ1) is 9.93. The molecule has 0 atom stereocenters. The van der Waals surface area contributed by atoms with Gasteiger partial charge in [-0.05, 0) is 23.1 Å². The largest absolute Gasteiger partial charge is 0.392 e. The molecule has 0 aromatic heterocycles. The van der Waals surface area contributed by atoms with Crippen LogP contribution in [0.3, 0.4) is 0 Å². The van der Waals surface area contributed by atoms with E-state index in [0.29, 0.717) is 16.8 Å². The van der Waals surface area contributed by atoms with Gasteiger partial charge in [-0.15, -0.1) is 0 Å². The summed E-state index contributed by atoms with van der Waals surface area (Å²) in [5, 5.41) is 12.2. The molecule has 0 fully saturated rings. The molecule has 0 bridgehead atoms. The van der Waals surface area contributed by atoms with Crippen molar-refractivity contribution in [2.45, 2.75) is 32.8 Å². The fraction of sp³-hybridized carbons (Fsp3) is 0.278. The minimum absolute atomic E-state index is 0.0998. The Bertz CT molecular complexity index is 642. The highest BCUT2D eigenvalue weighted by atomic mass is 16.3. The maximum Gasteiger partial charge on any atom is 0.255 e. The van der Waals surface area contributed by atoms with Gasteiger partial charge in [0.05, 0.1) is 6.61 Å². The van der Waals surface area contributed by atoms with Crippen molar-refractivity contribution in [1.82, 2.24) is 0 Å². The number of anilines is 1. The molecule has 0 aliphatic rings.